The molecule has 0 saturated heterocycles. The molecule has 0 radical (unpaired) electrons. The molecule has 4 rings (SSSR count). The Morgan fingerprint density at radius 1 is 1.30 bits per heavy atom. The van der Waals surface area contributed by atoms with E-state index in [9.17, 15) is 22.9 Å². The number of amides is 1. The van der Waals surface area contributed by atoms with E-state index in [4.69, 9.17) is 5.73 Å². The van der Waals surface area contributed by atoms with Gasteiger partial charge in [-0.15, -0.1) is 4.40 Å². The molecule has 0 bridgehead atoms. The first-order chi connectivity index (χ1) is 15.8. The van der Waals surface area contributed by atoms with Crippen LogP contribution in [0.5, 0.6) is 0 Å². The molecule has 0 spiro atoms. The molecule has 0 fully saturated rings. The van der Waals surface area contributed by atoms with Crippen LogP contribution in [0.2, 0.25) is 0 Å². The van der Waals surface area contributed by atoms with Crippen molar-refractivity contribution in [2.24, 2.45) is 4.40 Å². The van der Waals surface area contributed by atoms with Gasteiger partial charge in [-0.2, -0.15) is 10.4 Å². The zero-order valence-electron chi connectivity index (χ0n) is 17.4. The SMILES string of the molecule is N#Cc1c(CCCNC(=O)C2=CC=CN3CCS(=O)(=O)N=C23)nn(-c2ccc(F)cc2)c1N. The number of nitrogens with zero attached hydrogens (tertiary/aromatic N) is 5. The molecule has 0 saturated carbocycles. The minimum Gasteiger partial charge on any atom is -0.382 e. The fourth-order valence-electron chi connectivity index (χ4n) is 3.50. The number of hydrogen-bond acceptors (Lipinski definition) is 7. The van der Waals surface area contributed by atoms with Crippen molar-refractivity contribution in [3.8, 4) is 11.8 Å². The maximum Gasteiger partial charge on any atom is 0.256 e. The van der Waals surface area contributed by atoms with Crippen LogP contribution in [-0.4, -0.2) is 53.7 Å². The largest absolute Gasteiger partial charge is 0.382 e. The third kappa shape index (κ3) is 4.63. The molecule has 0 atom stereocenters. The number of anilines is 1. The predicted octanol–water partition coefficient (Wildman–Crippen LogP) is 1.01. The zero-order chi connectivity index (χ0) is 23.6. The fourth-order valence-corrected chi connectivity index (χ4v) is 4.49. The number of benzene rings is 1. The molecular formula is C21H20FN7O3S. The summed E-state index contributed by atoms with van der Waals surface area (Å²) >= 11 is 0. The number of nitrogens with two attached hydrogens (primary N) is 1. The van der Waals surface area contributed by atoms with Crippen molar-refractivity contribution in [1.29, 1.82) is 5.26 Å². The van der Waals surface area contributed by atoms with E-state index in [1.807, 2.05) is 6.07 Å². The van der Waals surface area contributed by atoms with Crippen LogP contribution < -0.4 is 11.1 Å². The molecule has 2 aliphatic rings. The van der Waals surface area contributed by atoms with Crippen LogP contribution in [0.4, 0.5) is 10.2 Å². The third-order valence-corrected chi connectivity index (χ3v) is 6.30. The molecule has 0 aliphatic carbocycles. The standard InChI is InChI=1S/C21H20FN7O3S/c22-14-5-7-15(8-6-14)29-19(24)17(13-23)18(26-29)4-1-9-25-21(30)16-3-2-10-28-11-12-33(31,32)27-20(16)28/h2-3,5-8,10H,1,4,9,11-12,24H2,(H,25,30). The first kappa shape index (κ1) is 22.2. The van der Waals surface area contributed by atoms with Crippen LogP contribution in [0.15, 0.2) is 52.6 Å². The Morgan fingerprint density at radius 2 is 2.06 bits per heavy atom. The van der Waals surface area contributed by atoms with E-state index in [-0.39, 0.29) is 41.6 Å². The summed E-state index contributed by atoms with van der Waals surface area (Å²) in [5.74, 6) is -0.691. The molecule has 12 heteroatoms. The van der Waals surface area contributed by atoms with Crippen molar-refractivity contribution >= 4 is 27.6 Å². The summed E-state index contributed by atoms with van der Waals surface area (Å²) in [5, 5.41) is 16.6. The fraction of sp³-hybridized carbons (Fsp3) is 0.238. The minimum absolute atomic E-state index is 0.106. The summed E-state index contributed by atoms with van der Waals surface area (Å²) in [6.45, 7) is 0.492. The van der Waals surface area contributed by atoms with Gasteiger partial charge < -0.3 is 16.0 Å². The van der Waals surface area contributed by atoms with E-state index >= 15 is 0 Å². The summed E-state index contributed by atoms with van der Waals surface area (Å²) in [6, 6.07) is 7.60. The number of nitrogen functional groups attached to an aromatic ring is 1. The third-order valence-electron chi connectivity index (χ3n) is 5.15. The topological polar surface area (TPSA) is 146 Å². The van der Waals surface area contributed by atoms with E-state index in [0.29, 0.717) is 24.2 Å². The molecule has 1 amide bonds. The molecule has 1 aromatic heterocycles. The van der Waals surface area contributed by atoms with E-state index in [1.165, 1.54) is 35.0 Å². The van der Waals surface area contributed by atoms with Crippen molar-refractivity contribution in [3.63, 3.8) is 0 Å². The van der Waals surface area contributed by atoms with Crippen LogP contribution >= 0.6 is 0 Å². The molecule has 170 valence electrons. The summed E-state index contributed by atoms with van der Waals surface area (Å²) in [5.41, 5.74) is 7.43. The summed E-state index contributed by atoms with van der Waals surface area (Å²) in [4.78, 5) is 14.3. The van der Waals surface area contributed by atoms with Gasteiger partial charge in [0.25, 0.3) is 15.9 Å². The van der Waals surface area contributed by atoms with Gasteiger partial charge in [-0.1, -0.05) is 0 Å². The van der Waals surface area contributed by atoms with Crippen LogP contribution in [0, 0.1) is 17.1 Å². The smallest absolute Gasteiger partial charge is 0.256 e. The lowest BCUT2D eigenvalue weighted by Gasteiger charge is -2.28. The number of carbonyl (C=O) groups is 1. The summed E-state index contributed by atoms with van der Waals surface area (Å²) in [6.07, 6.45) is 5.68. The lowest BCUT2D eigenvalue weighted by atomic mass is 10.1. The van der Waals surface area contributed by atoms with E-state index in [1.54, 1.807) is 17.2 Å². The Morgan fingerprint density at radius 3 is 2.79 bits per heavy atom. The predicted molar refractivity (Wildman–Crippen MR) is 119 cm³/mol. The van der Waals surface area contributed by atoms with Crippen molar-refractivity contribution in [2.75, 3.05) is 24.6 Å². The van der Waals surface area contributed by atoms with Crippen LogP contribution in [0.1, 0.15) is 17.7 Å². The average Bonchev–Trinajstić information content (AvgIpc) is 3.11. The second-order valence-electron chi connectivity index (χ2n) is 7.38. The van der Waals surface area contributed by atoms with Crippen molar-refractivity contribution in [2.45, 2.75) is 12.8 Å². The Labute approximate surface area is 189 Å². The van der Waals surface area contributed by atoms with E-state index < -0.39 is 21.7 Å². The number of allylic oxidation sites excluding steroid dienone is 2. The number of halogens is 1. The van der Waals surface area contributed by atoms with Gasteiger partial charge in [-0.05, 0) is 49.3 Å². The summed E-state index contributed by atoms with van der Waals surface area (Å²) < 4.78 is 42.0. The first-order valence-electron chi connectivity index (χ1n) is 10.1. The number of amidine groups is 1. The Hall–Kier alpha value is -3.98. The normalized spacial score (nSPS) is 16.4. The van der Waals surface area contributed by atoms with Gasteiger partial charge in [0.1, 0.15) is 23.3 Å². The average molecular weight is 470 g/mol. The number of aromatic nitrogens is 2. The van der Waals surface area contributed by atoms with Gasteiger partial charge in [0, 0.05) is 19.3 Å². The quantitative estimate of drug-likeness (QED) is 0.600. The van der Waals surface area contributed by atoms with E-state index in [0.717, 1.165) is 0 Å². The van der Waals surface area contributed by atoms with E-state index in [2.05, 4.69) is 14.8 Å². The number of nitriles is 1. The lowest BCUT2D eigenvalue weighted by molar-refractivity contribution is -0.117. The van der Waals surface area contributed by atoms with Gasteiger partial charge in [0.15, 0.2) is 5.84 Å². The number of aryl methyl sites for hydroxylation is 1. The van der Waals surface area contributed by atoms with Crippen LogP contribution in [-0.2, 0) is 21.2 Å². The number of hydrogen-bond donors (Lipinski definition) is 2. The van der Waals surface area contributed by atoms with Gasteiger partial charge in [0.05, 0.1) is 22.7 Å². The number of rotatable bonds is 6. The zero-order valence-corrected chi connectivity index (χ0v) is 18.2. The monoisotopic (exact) mass is 469 g/mol. The second kappa shape index (κ2) is 8.87. The minimum atomic E-state index is -3.60. The van der Waals surface area contributed by atoms with Crippen molar-refractivity contribution in [3.05, 3.63) is 65.3 Å². The first-order valence-corrected chi connectivity index (χ1v) is 11.7. The number of carbonyl (C=O) groups excluding carboxylic acids is 1. The van der Waals surface area contributed by atoms with Gasteiger partial charge in [0.2, 0.25) is 0 Å². The highest BCUT2D eigenvalue weighted by Crippen LogP contribution is 2.22. The molecule has 0 unspecified atom stereocenters. The Balaban J connectivity index is 1.41. The highest BCUT2D eigenvalue weighted by atomic mass is 32.2. The van der Waals surface area contributed by atoms with Gasteiger partial charge in [-0.25, -0.2) is 17.5 Å². The molecule has 1 aromatic carbocycles. The molecule has 33 heavy (non-hydrogen) atoms. The molecular weight excluding hydrogens is 449 g/mol. The summed E-state index contributed by atoms with van der Waals surface area (Å²) in [7, 11) is -3.60. The van der Waals surface area contributed by atoms with Gasteiger partial charge >= 0.3 is 0 Å². The van der Waals surface area contributed by atoms with Crippen LogP contribution in [0.3, 0.4) is 0 Å². The lowest BCUT2D eigenvalue weighted by Crippen LogP contribution is -2.42. The highest BCUT2D eigenvalue weighted by Gasteiger charge is 2.29. The Kier molecular flexibility index (Phi) is 5.97. The number of fused-ring (bicyclic) bond motifs is 1. The van der Waals surface area contributed by atoms with Crippen molar-refractivity contribution < 1.29 is 17.6 Å². The number of nitrogens with one attached hydrogen (secondary N) is 1. The highest BCUT2D eigenvalue weighted by molar-refractivity contribution is 7.90. The number of sulfonamides is 1. The second-order valence-corrected chi connectivity index (χ2v) is 9.14. The van der Waals surface area contributed by atoms with Gasteiger partial charge in [-0.3, -0.25) is 4.79 Å². The molecule has 2 aliphatic heterocycles. The molecule has 2 aromatic rings. The maximum atomic E-state index is 13.2. The molecule has 10 nitrogen and oxygen atoms in total. The van der Waals surface area contributed by atoms with Crippen molar-refractivity contribution in [1.82, 2.24) is 20.0 Å². The maximum absolute atomic E-state index is 13.2. The van der Waals surface area contributed by atoms with Crippen LogP contribution in [0.25, 0.3) is 5.69 Å². The molecule has 3 heterocycles. The molecule has 3 N–H and O–H groups in total. The Bertz CT molecular complexity index is 1340.